The van der Waals surface area contributed by atoms with Crippen LogP contribution in [0.4, 0.5) is 5.69 Å². The maximum atomic E-state index is 11.8. The van der Waals surface area contributed by atoms with Gasteiger partial charge in [0.2, 0.25) is 0 Å². The molecule has 0 bridgehead atoms. The van der Waals surface area contributed by atoms with E-state index in [-0.39, 0.29) is 11.1 Å². The molecule has 2 rings (SSSR count). The van der Waals surface area contributed by atoms with Crippen LogP contribution >= 0.6 is 0 Å². The minimum absolute atomic E-state index is 0.280. The number of hydrogen-bond acceptors (Lipinski definition) is 3. The smallest absolute Gasteiger partial charge is 0.272 e. The fourth-order valence-electron chi connectivity index (χ4n) is 1.87. The highest BCUT2D eigenvalue weighted by Crippen LogP contribution is 2.16. The Balaban J connectivity index is 2.42. The molecule has 0 radical (unpaired) electrons. The monoisotopic (exact) mass is 247 g/mol. The van der Waals surface area contributed by atoms with E-state index in [0.29, 0.717) is 22.4 Å². The van der Waals surface area contributed by atoms with Crippen LogP contribution in [0.2, 0.25) is 0 Å². The highest BCUT2D eigenvalue weighted by atomic mass is 16.1. The number of nitrogens with one attached hydrogen (secondary N) is 3. The third kappa shape index (κ3) is 2.45. The lowest BCUT2D eigenvalue weighted by Crippen LogP contribution is -2.20. The molecule has 0 unspecified atom stereocenters. The van der Waals surface area contributed by atoms with Crippen molar-refractivity contribution >= 4 is 16.5 Å². The lowest BCUT2D eigenvalue weighted by atomic mass is 10.1. The number of aromatic nitrogens is 2. The van der Waals surface area contributed by atoms with Crippen LogP contribution in [0.25, 0.3) is 10.8 Å². The standard InChI is InChI=1S/C13H17N3O2/c1-8(2)6-7-14-10-5-3-4-9-11(10)13(18)16-15-12(9)17/h3-5,8,14H,6-7H2,1-2H3,(H,15,17)(H,16,18). The molecule has 5 heteroatoms. The Morgan fingerprint density at radius 3 is 2.61 bits per heavy atom. The van der Waals surface area contributed by atoms with Crippen LogP contribution in [0.15, 0.2) is 27.8 Å². The van der Waals surface area contributed by atoms with Gasteiger partial charge >= 0.3 is 0 Å². The van der Waals surface area contributed by atoms with Gasteiger partial charge in [0.05, 0.1) is 10.8 Å². The minimum atomic E-state index is -0.280. The molecule has 0 saturated carbocycles. The van der Waals surface area contributed by atoms with Crippen molar-refractivity contribution in [1.29, 1.82) is 0 Å². The van der Waals surface area contributed by atoms with Crippen molar-refractivity contribution in [3.63, 3.8) is 0 Å². The number of hydrogen-bond donors (Lipinski definition) is 3. The van der Waals surface area contributed by atoms with Crippen LogP contribution < -0.4 is 16.4 Å². The second-order valence-corrected chi connectivity index (χ2v) is 4.75. The quantitative estimate of drug-likeness (QED) is 0.769. The van der Waals surface area contributed by atoms with Crippen molar-refractivity contribution < 1.29 is 0 Å². The summed E-state index contributed by atoms with van der Waals surface area (Å²) in [5.74, 6) is 0.592. The zero-order valence-corrected chi connectivity index (χ0v) is 10.5. The molecule has 96 valence electrons. The fraction of sp³-hybridized carbons (Fsp3) is 0.385. The Hall–Kier alpha value is -2.04. The summed E-state index contributed by atoms with van der Waals surface area (Å²) in [6.07, 6.45) is 1.01. The van der Waals surface area contributed by atoms with Crippen molar-refractivity contribution in [2.45, 2.75) is 20.3 Å². The molecular formula is C13H17N3O2. The number of rotatable bonds is 4. The van der Waals surface area contributed by atoms with Gasteiger partial charge < -0.3 is 5.32 Å². The first-order chi connectivity index (χ1) is 8.59. The number of anilines is 1. The van der Waals surface area contributed by atoms with Crippen molar-refractivity contribution in [2.75, 3.05) is 11.9 Å². The Labute approximate surface area is 104 Å². The molecule has 1 aromatic carbocycles. The Morgan fingerprint density at radius 1 is 1.17 bits per heavy atom. The lowest BCUT2D eigenvalue weighted by Gasteiger charge is -2.10. The SMILES string of the molecule is CC(C)CCNc1cccc2c(=O)[nH][nH]c(=O)c12. The van der Waals surface area contributed by atoms with Gasteiger partial charge in [-0.1, -0.05) is 19.9 Å². The molecule has 0 aliphatic carbocycles. The van der Waals surface area contributed by atoms with E-state index >= 15 is 0 Å². The maximum absolute atomic E-state index is 11.8. The summed E-state index contributed by atoms with van der Waals surface area (Å²) in [6, 6.07) is 5.24. The van der Waals surface area contributed by atoms with Crippen LogP contribution in [0.3, 0.4) is 0 Å². The molecule has 0 atom stereocenters. The summed E-state index contributed by atoms with van der Waals surface area (Å²) >= 11 is 0. The number of H-pyrrole nitrogens is 2. The van der Waals surface area contributed by atoms with Gasteiger partial charge in [0, 0.05) is 12.2 Å². The van der Waals surface area contributed by atoms with E-state index < -0.39 is 0 Å². The van der Waals surface area contributed by atoms with Gasteiger partial charge in [0.1, 0.15) is 0 Å². The molecule has 2 aromatic rings. The first-order valence-corrected chi connectivity index (χ1v) is 6.07. The second kappa shape index (κ2) is 5.08. The molecule has 1 aromatic heterocycles. The van der Waals surface area contributed by atoms with Gasteiger partial charge in [-0.05, 0) is 24.5 Å². The highest BCUT2D eigenvalue weighted by Gasteiger charge is 2.07. The molecular weight excluding hydrogens is 230 g/mol. The average molecular weight is 247 g/mol. The normalized spacial score (nSPS) is 11.1. The molecule has 0 spiro atoms. The van der Waals surface area contributed by atoms with Crippen molar-refractivity contribution in [3.05, 3.63) is 38.9 Å². The Morgan fingerprint density at radius 2 is 1.89 bits per heavy atom. The van der Waals surface area contributed by atoms with E-state index in [2.05, 4.69) is 29.4 Å². The highest BCUT2D eigenvalue weighted by molar-refractivity contribution is 5.92. The summed E-state index contributed by atoms with van der Waals surface area (Å²) in [5.41, 5.74) is 0.148. The van der Waals surface area contributed by atoms with Gasteiger partial charge in [0.25, 0.3) is 11.1 Å². The summed E-state index contributed by atoms with van der Waals surface area (Å²) in [4.78, 5) is 23.4. The van der Waals surface area contributed by atoms with Crippen molar-refractivity contribution in [3.8, 4) is 0 Å². The van der Waals surface area contributed by atoms with E-state index in [1.54, 1.807) is 12.1 Å². The number of benzene rings is 1. The van der Waals surface area contributed by atoms with E-state index in [1.165, 1.54) is 0 Å². The molecule has 0 amide bonds. The molecule has 0 fully saturated rings. The molecule has 3 N–H and O–H groups in total. The third-order valence-electron chi connectivity index (χ3n) is 2.86. The lowest BCUT2D eigenvalue weighted by molar-refractivity contribution is 0.607. The minimum Gasteiger partial charge on any atom is -0.384 e. The van der Waals surface area contributed by atoms with E-state index in [1.807, 2.05) is 6.07 Å². The predicted molar refractivity (Wildman–Crippen MR) is 73.1 cm³/mol. The molecule has 5 nitrogen and oxygen atoms in total. The molecule has 0 aliphatic rings. The van der Waals surface area contributed by atoms with Crippen LogP contribution in [0.1, 0.15) is 20.3 Å². The van der Waals surface area contributed by atoms with Gasteiger partial charge in [-0.25, -0.2) is 0 Å². The molecule has 18 heavy (non-hydrogen) atoms. The molecule has 0 saturated heterocycles. The first kappa shape index (κ1) is 12.4. The third-order valence-corrected chi connectivity index (χ3v) is 2.86. The van der Waals surface area contributed by atoms with Crippen LogP contribution in [-0.4, -0.2) is 16.7 Å². The van der Waals surface area contributed by atoms with Gasteiger partial charge in [-0.15, -0.1) is 0 Å². The zero-order chi connectivity index (χ0) is 13.1. The number of aromatic amines is 2. The topological polar surface area (TPSA) is 77.8 Å². The fourth-order valence-corrected chi connectivity index (χ4v) is 1.87. The maximum Gasteiger partial charge on any atom is 0.272 e. The summed E-state index contributed by atoms with van der Waals surface area (Å²) in [5, 5.41) is 8.72. The van der Waals surface area contributed by atoms with Gasteiger partial charge in [-0.3, -0.25) is 19.8 Å². The Kier molecular flexibility index (Phi) is 3.50. The Bertz CT molecular complexity index is 655. The molecule has 0 aliphatic heterocycles. The van der Waals surface area contributed by atoms with Gasteiger partial charge in [0.15, 0.2) is 0 Å². The summed E-state index contributed by atoms with van der Waals surface area (Å²) < 4.78 is 0. The van der Waals surface area contributed by atoms with Gasteiger partial charge in [-0.2, -0.15) is 0 Å². The number of fused-ring (bicyclic) bond motifs is 1. The van der Waals surface area contributed by atoms with E-state index in [0.717, 1.165) is 13.0 Å². The summed E-state index contributed by atoms with van der Waals surface area (Å²) in [6.45, 7) is 5.06. The average Bonchev–Trinajstić information content (AvgIpc) is 2.33. The molecule has 1 heterocycles. The van der Waals surface area contributed by atoms with Crippen molar-refractivity contribution in [2.24, 2.45) is 5.92 Å². The zero-order valence-electron chi connectivity index (χ0n) is 10.5. The second-order valence-electron chi connectivity index (χ2n) is 4.75. The van der Waals surface area contributed by atoms with E-state index in [4.69, 9.17) is 0 Å². The summed E-state index contributed by atoms with van der Waals surface area (Å²) in [7, 11) is 0. The van der Waals surface area contributed by atoms with Crippen molar-refractivity contribution in [1.82, 2.24) is 10.2 Å². The first-order valence-electron chi connectivity index (χ1n) is 6.07. The van der Waals surface area contributed by atoms with Crippen LogP contribution in [0.5, 0.6) is 0 Å². The predicted octanol–water partition coefficient (Wildman–Crippen LogP) is 1.67. The largest absolute Gasteiger partial charge is 0.384 e. The van der Waals surface area contributed by atoms with E-state index in [9.17, 15) is 9.59 Å². The van der Waals surface area contributed by atoms with Crippen LogP contribution in [0, 0.1) is 5.92 Å². The van der Waals surface area contributed by atoms with Crippen LogP contribution in [-0.2, 0) is 0 Å².